The lowest BCUT2D eigenvalue weighted by Gasteiger charge is -2.11. The highest BCUT2D eigenvalue weighted by Gasteiger charge is 2.07. The SMILES string of the molecule is CCNc1nc2c(ccc3ccncc32)cc1CC. The highest BCUT2D eigenvalue weighted by atomic mass is 15.0. The molecule has 2 aromatic heterocycles. The van der Waals surface area contributed by atoms with Crippen LogP contribution in [0.15, 0.2) is 36.7 Å². The molecule has 2 heterocycles. The van der Waals surface area contributed by atoms with E-state index in [1.165, 1.54) is 16.3 Å². The van der Waals surface area contributed by atoms with Gasteiger partial charge in [-0.15, -0.1) is 0 Å². The average molecular weight is 251 g/mol. The molecule has 0 spiro atoms. The Balaban J connectivity index is 2.35. The lowest BCUT2D eigenvalue weighted by Crippen LogP contribution is -2.03. The van der Waals surface area contributed by atoms with Crippen LogP contribution in [-0.4, -0.2) is 16.5 Å². The van der Waals surface area contributed by atoms with Crippen molar-refractivity contribution >= 4 is 27.5 Å². The molecule has 3 heteroatoms. The Hall–Kier alpha value is -2.16. The van der Waals surface area contributed by atoms with Gasteiger partial charge < -0.3 is 5.32 Å². The zero-order valence-electron chi connectivity index (χ0n) is 11.3. The molecular weight excluding hydrogens is 234 g/mol. The van der Waals surface area contributed by atoms with Gasteiger partial charge in [0.25, 0.3) is 0 Å². The van der Waals surface area contributed by atoms with E-state index in [9.17, 15) is 0 Å². The zero-order chi connectivity index (χ0) is 13.2. The van der Waals surface area contributed by atoms with Gasteiger partial charge in [0.1, 0.15) is 5.82 Å². The Bertz CT molecular complexity index is 734. The van der Waals surface area contributed by atoms with E-state index in [-0.39, 0.29) is 0 Å². The second-order valence-corrected chi connectivity index (χ2v) is 4.61. The van der Waals surface area contributed by atoms with Crippen molar-refractivity contribution in [3.05, 3.63) is 42.2 Å². The van der Waals surface area contributed by atoms with Crippen LogP contribution in [0.3, 0.4) is 0 Å². The van der Waals surface area contributed by atoms with Crippen molar-refractivity contribution in [1.29, 1.82) is 0 Å². The minimum atomic E-state index is 0.883. The van der Waals surface area contributed by atoms with Crippen molar-refractivity contribution < 1.29 is 0 Å². The lowest BCUT2D eigenvalue weighted by molar-refractivity contribution is 1.09. The first-order chi connectivity index (χ1) is 9.33. The van der Waals surface area contributed by atoms with E-state index >= 15 is 0 Å². The molecule has 0 radical (unpaired) electrons. The van der Waals surface area contributed by atoms with E-state index in [0.29, 0.717) is 0 Å². The van der Waals surface area contributed by atoms with Crippen LogP contribution in [0, 0.1) is 0 Å². The fourth-order valence-corrected chi connectivity index (χ4v) is 2.43. The summed E-state index contributed by atoms with van der Waals surface area (Å²) in [5.74, 6) is 0.994. The van der Waals surface area contributed by atoms with Crippen LogP contribution in [0.5, 0.6) is 0 Å². The number of hydrogen-bond acceptors (Lipinski definition) is 3. The Morgan fingerprint density at radius 1 is 1.11 bits per heavy atom. The molecule has 0 saturated carbocycles. The molecule has 3 rings (SSSR count). The maximum absolute atomic E-state index is 4.81. The molecular formula is C16H17N3. The highest BCUT2D eigenvalue weighted by molar-refractivity contribution is 6.05. The highest BCUT2D eigenvalue weighted by Crippen LogP contribution is 2.27. The molecule has 19 heavy (non-hydrogen) atoms. The van der Waals surface area contributed by atoms with Crippen LogP contribution < -0.4 is 5.32 Å². The number of aromatic nitrogens is 2. The van der Waals surface area contributed by atoms with Gasteiger partial charge in [-0.2, -0.15) is 0 Å². The van der Waals surface area contributed by atoms with Crippen molar-refractivity contribution in [1.82, 2.24) is 9.97 Å². The summed E-state index contributed by atoms with van der Waals surface area (Å²) in [6, 6.07) is 8.52. The molecule has 0 aliphatic heterocycles. The second kappa shape index (κ2) is 4.84. The van der Waals surface area contributed by atoms with Gasteiger partial charge in [-0.3, -0.25) is 4.98 Å². The molecule has 3 nitrogen and oxygen atoms in total. The molecule has 0 atom stereocenters. The normalized spacial score (nSPS) is 11.1. The summed E-state index contributed by atoms with van der Waals surface area (Å²) >= 11 is 0. The fourth-order valence-electron chi connectivity index (χ4n) is 2.43. The summed E-state index contributed by atoms with van der Waals surface area (Å²) in [6.07, 6.45) is 4.70. The van der Waals surface area contributed by atoms with Gasteiger partial charge in [0, 0.05) is 29.7 Å². The van der Waals surface area contributed by atoms with E-state index in [1.54, 1.807) is 0 Å². The quantitative estimate of drug-likeness (QED) is 0.720. The van der Waals surface area contributed by atoms with Crippen molar-refractivity contribution in [2.45, 2.75) is 20.3 Å². The van der Waals surface area contributed by atoms with Gasteiger partial charge in [0.15, 0.2) is 0 Å². The third-order valence-corrected chi connectivity index (χ3v) is 3.41. The minimum Gasteiger partial charge on any atom is -0.370 e. The topological polar surface area (TPSA) is 37.8 Å². The maximum atomic E-state index is 4.81. The van der Waals surface area contributed by atoms with Crippen molar-refractivity contribution in [3.8, 4) is 0 Å². The first-order valence-electron chi connectivity index (χ1n) is 6.73. The Morgan fingerprint density at radius 2 is 1.95 bits per heavy atom. The van der Waals surface area contributed by atoms with Gasteiger partial charge in [0.2, 0.25) is 0 Å². The number of fused-ring (bicyclic) bond motifs is 3. The summed E-state index contributed by atoms with van der Waals surface area (Å²) in [7, 11) is 0. The first-order valence-corrected chi connectivity index (χ1v) is 6.73. The summed E-state index contributed by atoms with van der Waals surface area (Å²) in [5, 5.41) is 6.83. The van der Waals surface area contributed by atoms with Gasteiger partial charge in [0.05, 0.1) is 5.52 Å². The standard InChI is InChI=1S/C16H17N3/c1-3-11-9-13-6-5-12-7-8-17-10-14(12)15(13)19-16(11)18-4-2/h5-10H,3-4H2,1-2H3,(H,18,19). The molecule has 96 valence electrons. The number of nitrogens with zero attached hydrogens (tertiary/aromatic N) is 2. The second-order valence-electron chi connectivity index (χ2n) is 4.61. The van der Waals surface area contributed by atoms with Gasteiger partial charge in [-0.1, -0.05) is 19.1 Å². The number of benzene rings is 1. The van der Waals surface area contributed by atoms with E-state index in [1.807, 2.05) is 18.5 Å². The predicted octanol–water partition coefficient (Wildman–Crippen LogP) is 3.78. The number of rotatable bonds is 3. The van der Waals surface area contributed by atoms with Gasteiger partial charge >= 0.3 is 0 Å². The van der Waals surface area contributed by atoms with Crippen LogP contribution in [0.1, 0.15) is 19.4 Å². The molecule has 0 fully saturated rings. The van der Waals surface area contributed by atoms with E-state index in [2.05, 4.69) is 42.3 Å². The van der Waals surface area contributed by atoms with Crippen LogP contribution in [0.2, 0.25) is 0 Å². The van der Waals surface area contributed by atoms with Crippen molar-refractivity contribution in [3.63, 3.8) is 0 Å². The Kier molecular flexibility index (Phi) is 3.03. The third kappa shape index (κ3) is 2.01. The Morgan fingerprint density at radius 3 is 2.74 bits per heavy atom. The summed E-state index contributed by atoms with van der Waals surface area (Å²) in [5.41, 5.74) is 2.29. The molecule has 0 aliphatic rings. The van der Waals surface area contributed by atoms with Gasteiger partial charge in [-0.25, -0.2) is 4.98 Å². The number of pyridine rings is 2. The first kappa shape index (κ1) is 11.9. The van der Waals surface area contributed by atoms with Crippen LogP contribution >= 0.6 is 0 Å². The van der Waals surface area contributed by atoms with Crippen molar-refractivity contribution in [2.75, 3.05) is 11.9 Å². The van der Waals surface area contributed by atoms with Crippen LogP contribution in [0.25, 0.3) is 21.7 Å². The number of hydrogen-bond donors (Lipinski definition) is 1. The molecule has 0 unspecified atom stereocenters. The van der Waals surface area contributed by atoms with Crippen LogP contribution in [0.4, 0.5) is 5.82 Å². The number of anilines is 1. The summed E-state index contributed by atoms with van der Waals surface area (Å²) in [4.78, 5) is 9.03. The smallest absolute Gasteiger partial charge is 0.129 e. The lowest BCUT2D eigenvalue weighted by atomic mass is 10.1. The number of nitrogens with one attached hydrogen (secondary N) is 1. The maximum Gasteiger partial charge on any atom is 0.129 e. The molecule has 0 bridgehead atoms. The number of aryl methyl sites for hydroxylation is 1. The van der Waals surface area contributed by atoms with E-state index < -0.39 is 0 Å². The summed E-state index contributed by atoms with van der Waals surface area (Å²) < 4.78 is 0. The van der Waals surface area contributed by atoms with E-state index in [4.69, 9.17) is 4.98 Å². The third-order valence-electron chi connectivity index (χ3n) is 3.41. The van der Waals surface area contributed by atoms with Crippen LogP contribution in [-0.2, 0) is 6.42 Å². The zero-order valence-corrected chi connectivity index (χ0v) is 11.3. The van der Waals surface area contributed by atoms with E-state index in [0.717, 1.165) is 29.7 Å². The Labute approximate surface area is 112 Å². The summed E-state index contributed by atoms with van der Waals surface area (Å²) in [6.45, 7) is 5.14. The van der Waals surface area contributed by atoms with Gasteiger partial charge in [-0.05, 0) is 36.4 Å². The van der Waals surface area contributed by atoms with Crippen molar-refractivity contribution in [2.24, 2.45) is 0 Å². The predicted molar refractivity (Wildman–Crippen MR) is 80.6 cm³/mol. The molecule has 3 aromatic rings. The monoisotopic (exact) mass is 251 g/mol. The molecule has 0 amide bonds. The molecule has 0 aliphatic carbocycles. The molecule has 0 saturated heterocycles. The largest absolute Gasteiger partial charge is 0.370 e. The average Bonchev–Trinajstić information content (AvgIpc) is 2.47. The minimum absolute atomic E-state index is 0.883. The molecule has 1 N–H and O–H groups in total. The molecule has 1 aromatic carbocycles. The fraction of sp³-hybridized carbons (Fsp3) is 0.250.